The Morgan fingerprint density at radius 3 is 2.31 bits per heavy atom. The number of anilines is 2. The zero-order valence-corrected chi connectivity index (χ0v) is 20.7. The van der Waals surface area contributed by atoms with Crippen LogP contribution in [0.2, 0.25) is 0 Å². The molecule has 7 heteroatoms. The summed E-state index contributed by atoms with van der Waals surface area (Å²) >= 11 is 1.16. The van der Waals surface area contributed by atoms with Crippen molar-refractivity contribution in [2.75, 3.05) is 29.5 Å². The minimum absolute atomic E-state index is 0.0358. The maximum Gasteiger partial charge on any atom is 0.267 e. The van der Waals surface area contributed by atoms with Crippen LogP contribution in [0.3, 0.4) is 0 Å². The summed E-state index contributed by atoms with van der Waals surface area (Å²) in [6.45, 7) is 5.33. The van der Waals surface area contributed by atoms with Gasteiger partial charge in [-0.05, 0) is 72.9 Å². The second kappa shape index (κ2) is 11.1. The van der Waals surface area contributed by atoms with Crippen LogP contribution in [-0.2, 0) is 9.59 Å². The first-order valence-electron chi connectivity index (χ1n) is 11.6. The highest BCUT2D eigenvalue weighted by atomic mass is 32.2. The van der Waals surface area contributed by atoms with E-state index in [9.17, 15) is 14.9 Å². The van der Waals surface area contributed by atoms with Crippen LogP contribution in [0.25, 0.3) is 10.8 Å². The van der Waals surface area contributed by atoms with Gasteiger partial charge in [-0.15, -0.1) is 0 Å². The lowest BCUT2D eigenvalue weighted by molar-refractivity contribution is -0.125. The Labute approximate surface area is 210 Å². The Hall–Kier alpha value is -3.76. The van der Waals surface area contributed by atoms with Gasteiger partial charge in [-0.25, -0.2) is 0 Å². The van der Waals surface area contributed by atoms with E-state index in [-0.39, 0.29) is 23.1 Å². The van der Waals surface area contributed by atoms with E-state index in [2.05, 4.69) is 16.7 Å². The summed E-state index contributed by atoms with van der Waals surface area (Å²) in [5, 5.41) is 18.6. The molecule has 1 heterocycles. The first kappa shape index (κ1) is 24.4. The summed E-state index contributed by atoms with van der Waals surface area (Å²) in [5.74, 6) is -0.451. The molecule has 1 aliphatic rings. The molecule has 1 aliphatic heterocycles. The molecule has 0 atom stereocenters. The molecule has 1 fully saturated rings. The molecule has 0 aromatic heterocycles. The Balaban J connectivity index is 1.53. The van der Waals surface area contributed by atoms with Gasteiger partial charge >= 0.3 is 0 Å². The van der Waals surface area contributed by atoms with Gasteiger partial charge in [0, 0.05) is 24.5 Å². The average molecular weight is 485 g/mol. The van der Waals surface area contributed by atoms with Crippen molar-refractivity contribution < 1.29 is 9.59 Å². The van der Waals surface area contributed by atoms with Crippen molar-refractivity contribution in [1.29, 1.82) is 5.26 Å². The highest BCUT2D eigenvalue weighted by Gasteiger charge is 2.25. The minimum Gasteiger partial charge on any atom is -0.349 e. The van der Waals surface area contributed by atoms with Gasteiger partial charge in [0.05, 0.1) is 10.8 Å². The molecule has 0 unspecified atom stereocenters. The molecular formula is C28H28N4O2S. The summed E-state index contributed by atoms with van der Waals surface area (Å²) in [6, 6.07) is 21.7. The lowest BCUT2D eigenvalue weighted by Crippen LogP contribution is -2.30. The predicted octanol–water partition coefficient (Wildman–Crippen LogP) is 5.60. The van der Waals surface area contributed by atoms with Crippen LogP contribution >= 0.6 is 11.8 Å². The Morgan fingerprint density at radius 1 is 0.914 bits per heavy atom. The summed E-state index contributed by atoms with van der Waals surface area (Å²) in [5.41, 5.74) is 3.76. The molecule has 0 radical (unpaired) electrons. The zero-order valence-electron chi connectivity index (χ0n) is 19.9. The number of fused-ring (bicyclic) bond motifs is 1. The molecule has 0 bridgehead atoms. The van der Waals surface area contributed by atoms with E-state index in [1.165, 1.54) is 0 Å². The van der Waals surface area contributed by atoms with Crippen molar-refractivity contribution in [3.8, 4) is 6.07 Å². The monoisotopic (exact) mass is 484 g/mol. The average Bonchev–Trinajstić information content (AvgIpc) is 3.40. The number of nitrogens with zero attached hydrogens (tertiary/aromatic N) is 2. The van der Waals surface area contributed by atoms with Crippen LogP contribution < -0.4 is 10.6 Å². The second-order valence-electron chi connectivity index (χ2n) is 8.64. The highest BCUT2D eigenvalue weighted by Crippen LogP contribution is 2.27. The van der Waals surface area contributed by atoms with E-state index < -0.39 is 0 Å². The molecule has 178 valence electrons. The van der Waals surface area contributed by atoms with Gasteiger partial charge in [-0.1, -0.05) is 48.2 Å². The number of thioether (sulfide) groups is 1. The fraction of sp³-hybridized carbons (Fsp3) is 0.250. The highest BCUT2D eigenvalue weighted by molar-refractivity contribution is 8.03. The van der Waals surface area contributed by atoms with Gasteiger partial charge < -0.3 is 15.5 Å². The SMILES string of the molecule is Cc1ccc(NC(SCC(=O)Nc2ccc3ccccc3c2)=C(C#N)C(=O)N2CCCC2)cc1C. The summed E-state index contributed by atoms with van der Waals surface area (Å²) < 4.78 is 0. The third kappa shape index (κ3) is 6.03. The van der Waals surface area contributed by atoms with Crippen LogP contribution in [0.1, 0.15) is 24.0 Å². The first-order valence-corrected chi connectivity index (χ1v) is 12.6. The molecule has 3 aromatic rings. The van der Waals surface area contributed by atoms with Crippen molar-refractivity contribution in [3.05, 3.63) is 82.4 Å². The molecule has 0 saturated carbocycles. The molecule has 2 amide bonds. The second-order valence-corrected chi connectivity index (χ2v) is 9.62. The van der Waals surface area contributed by atoms with Crippen molar-refractivity contribution in [2.24, 2.45) is 0 Å². The fourth-order valence-corrected chi connectivity index (χ4v) is 4.81. The number of nitrogens with one attached hydrogen (secondary N) is 2. The van der Waals surface area contributed by atoms with E-state index >= 15 is 0 Å². The van der Waals surface area contributed by atoms with Gasteiger partial charge in [0.25, 0.3) is 5.91 Å². The smallest absolute Gasteiger partial charge is 0.267 e. The van der Waals surface area contributed by atoms with Gasteiger partial charge in [-0.3, -0.25) is 9.59 Å². The molecule has 3 aromatic carbocycles. The lowest BCUT2D eigenvalue weighted by Gasteiger charge is -2.18. The van der Waals surface area contributed by atoms with E-state index in [1.807, 2.05) is 74.5 Å². The van der Waals surface area contributed by atoms with E-state index in [4.69, 9.17) is 0 Å². The number of benzene rings is 3. The quantitative estimate of drug-likeness (QED) is 0.337. The largest absolute Gasteiger partial charge is 0.349 e. The van der Waals surface area contributed by atoms with E-state index in [1.54, 1.807) is 4.90 Å². The van der Waals surface area contributed by atoms with Gasteiger partial charge in [0.15, 0.2) is 0 Å². The van der Waals surface area contributed by atoms with Crippen LogP contribution in [0.4, 0.5) is 11.4 Å². The summed E-state index contributed by atoms with van der Waals surface area (Å²) in [4.78, 5) is 27.6. The molecule has 0 aliphatic carbocycles. The number of hydrogen-bond donors (Lipinski definition) is 2. The number of aryl methyl sites for hydroxylation is 2. The Bertz CT molecular complexity index is 1340. The van der Waals surface area contributed by atoms with Gasteiger partial charge in [0.2, 0.25) is 5.91 Å². The number of carbonyl (C=O) groups excluding carboxylic acids is 2. The number of rotatable bonds is 7. The van der Waals surface area contributed by atoms with Crippen LogP contribution in [-0.4, -0.2) is 35.6 Å². The summed E-state index contributed by atoms with van der Waals surface area (Å²) in [7, 11) is 0. The zero-order chi connectivity index (χ0) is 24.8. The third-order valence-electron chi connectivity index (χ3n) is 6.09. The normalized spacial score (nSPS) is 13.8. The molecular weight excluding hydrogens is 456 g/mol. The van der Waals surface area contributed by atoms with Crippen molar-refractivity contribution in [1.82, 2.24) is 4.90 Å². The van der Waals surface area contributed by atoms with Crippen molar-refractivity contribution >= 4 is 45.7 Å². The fourth-order valence-electron chi connectivity index (χ4n) is 4.00. The van der Waals surface area contributed by atoms with Crippen LogP contribution in [0.5, 0.6) is 0 Å². The molecule has 4 rings (SSSR count). The molecule has 35 heavy (non-hydrogen) atoms. The molecule has 1 saturated heterocycles. The first-order chi connectivity index (χ1) is 16.9. The number of hydrogen-bond acceptors (Lipinski definition) is 5. The maximum atomic E-state index is 13.1. The minimum atomic E-state index is -0.293. The number of amides is 2. The molecule has 6 nitrogen and oxygen atoms in total. The number of likely N-dealkylation sites (tertiary alicyclic amines) is 1. The van der Waals surface area contributed by atoms with Crippen LogP contribution in [0.15, 0.2) is 71.3 Å². The van der Waals surface area contributed by atoms with Crippen molar-refractivity contribution in [2.45, 2.75) is 26.7 Å². The van der Waals surface area contributed by atoms with Crippen molar-refractivity contribution in [3.63, 3.8) is 0 Å². The third-order valence-corrected chi connectivity index (χ3v) is 7.09. The Morgan fingerprint density at radius 2 is 1.60 bits per heavy atom. The summed E-state index contributed by atoms with van der Waals surface area (Å²) in [6.07, 6.45) is 1.87. The topological polar surface area (TPSA) is 85.2 Å². The predicted molar refractivity (Wildman–Crippen MR) is 143 cm³/mol. The van der Waals surface area contributed by atoms with E-state index in [0.29, 0.717) is 23.8 Å². The van der Waals surface area contributed by atoms with Gasteiger partial charge in [-0.2, -0.15) is 5.26 Å². The number of carbonyl (C=O) groups is 2. The standard InChI is InChI=1S/C28H28N4O2S/c1-19-9-11-23(15-20(19)2)31-27(25(17-29)28(34)32-13-5-6-14-32)35-18-26(33)30-24-12-10-21-7-3-4-8-22(21)16-24/h3-4,7-12,15-16,31H,5-6,13-14,18H2,1-2H3,(H,30,33). The Kier molecular flexibility index (Phi) is 7.74. The lowest BCUT2D eigenvalue weighted by atomic mass is 10.1. The van der Waals surface area contributed by atoms with Crippen LogP contribution in [0, 0.1) is 25.2 Å². The molecule has 2 N–H and O–H groups in total. The maximum absolute atomic E-state index is 13.1. The molecule has 0 spiro atoms. The van der Waals surface area contributed by atoms with E-state index in [0.717, 1.165) is 52.2 Å². The van der Waals surface area contributed by atoms with Gasteiger partial charge in [0.1, 0.15) is 11.6 Å². The number of nitriles is 1.